The molecular formula is C32H36Cl2FN7O4. The molecule has 3 aliphatic heterocycles. The van der Waals surface area contributed by atoms with Crippen molar-refractivity contribution >= 4 is 57.8 Å². The predicted octanol–water partition coefficient (Wildman–Crippen LogP) is 5.98. The van der Waals surface area contributed by atoms with Crippen LogP contribution in [0.2, 0.25) is 10.0 Å². The summed E-state index contributed by atoms with van der Waals surface area (Å²) in [6.45, 7) is 9.13. The summed E-state index contributed by atoms with van der Waals surface area (Å²) in [5.41, 5.74) is 2.41. The molecule has 3 fully saturated rings. The molecule has 1 amide bonds. The van der Waals surface area contributed by atoms with Gasteiger partial charge in [0.1, 0.15) is 23.7 Å². The van der Waals surface area contributed by atoms with Crippen LogP contribution in [-0.4, -0.2) is 79.9 Å². The van der Waals surface area contributed by atoms with E-state index in [1.54, 1.807) is 30.4 Å². The minimum absolute atomic E-state index is 0.132. The van der Waals surface area contributed by atoms with Gasteiger partial charge in [-0.05, 0) is 31.1 Å². The summed E-state index contributed by atoms with van der Waals surface area (Å²) >= 11 is 12.1. The molecule has 0 aliphatic carbocycles. The number of hydrogen-bond acceptors (Lipinski definition) is 10. The lowest BCUT2D eigenvalue weighted by Gasteiger charge is -2.41. The molecule has 1 atom stereocenters. The summed E-state index contributed by atoms with van der Waals surface area (Å²) in [5.74, 6) is 0.509. The van der Waals surface area contributed by atoms with Gasteiger partial charge in [-0.3, -0.25) is 14.5 Å². The highest BCUT2D eigenvalue weighted by Gasteiger charge is 2.33. The fraction of sp³-hybridized carbons (Fsp3) is 0.406. The number of hydroxylamine groups is 1. The molecule has 6 rings (SSSR count). The Hall–Kier alpha value is -3.68. The summed E-state index contributed by atoms with van der Waals surface area (Å²) in [4.78, 5) is 31.9. The third-order valence-corrected chi connectivity index (χ3v) is 9.38. The summed E-state index contributed by atoms with van der Waals surface area (Å²) in [6, 6.07) is 8.65. The van der Waals surface area contributed by atoms with Crippen molar-refractivity contribution in [3.63, 3.8) is 0 Å². The Bertz CT molecular complexity index is 1580. The predicted molar refractivity (Wildman–Crippen MR) is 177 cm³/mol. The van der Waals surface area contributed by atoms with Gasteiger partial charge in [0.2, 0.25) is 5.91 Å². The maximum atomic E-state index is 15.1. The van der Waals surface area contributed by atoms with Crippen molar-refractivity contribution in [2.75, 3.05) is 73.7 Å². The van der Waals surface area contributed by atoms with Crippen molar-refractivity contribution in [3.8, 4) is 5.75 Å². The number of hydrogen-bond donors (Lipinski definition) is 2. The third-order valence-electron chi connectivity index (χ3n) is 8.60. The number of aromatic nitrogens is 2. The largest absolute Gasteiger partial charge is 0.494 e. The number of anilines is 5. The molecule has 1 aromatic heterocycles. The van der Waals surface area contributed by atoms with Gasteiger partial charge in [0.25, 0.3) is 0 Å². The van der Waals surface area contributed by atoms with E-state index < -0.39 is 11.9 Å². The fourth-order valence-corrected chi connectivity index (χ4v) is 6.56. The van der Waals surface area contributed by atoms with Crippen LogP contribution in [0.5, 0.6) is 5.75 Å². The van der Waals surface area contributed by atoms with E-state index in [2.05, 4.69) is 37.0 Å². The molecule has 3 aliphatic rings. The maximum absolute atomic E-state index is 15.1. The molecule has 0 spiro atoms. The number of halogens is 3. The highest BCUT2D eigenvalue weighted by atomic mass is 35.5. The van der Waals surface area contributed by atoms with Crippen LogP contribution in [0, 0.1) is 5.82 Å². The SMILES string of the molecule is C=CC(=O)Nc1cc(Nc2cc(N3OCCC3c3ccc(Cl)c(Cl)c3F)ncn2)c(OC)cc1N1CCC(N2CCOCC2)CC1. The molecule has 0 saturated carbocycles. The molecule has 1 unspecified atom stereocenters. The van der Waals surface area contributed by atoms with Gasteiger partial charge in [0, 0.05) is 56.3 Å². The Morgan fingerprint density at radius 3 is 2.59 bits per heavy atom. The number of carbonyl (C=O) groups excluding carboxylic acids is 1. The second-order valence-electron chi connectivity index (χ2n) is 11.2. The van der Waals surface area contributed by atoms with Gasteiger partial charge in [-0.2, -0.15) is 0 Å². The highest BCUT2D eigenvalue weighted by molar-refractivity contribution is 6.42. The second kappa shape index (κ2) is 14.4. The molecule has 2 aromatic carbocycles. The molecule has 244 valence electrons. The molecule has 0 radical (unpaired) electrons. The number of nitrogens with one attached hydrogen (secondary N) is 2. The van der Waals surface area contributed by atoms with E-state index in [0.29, 0.717) is 53.4 Å². The number of piperidine rings is 1. The van der Waals surface area contributed by atoms with Crippen molar-refractivity contribution in [1.29, 1.82) is 0 Å². The van der Waals surface area contributed by atoms with E-state index in [0.717, 1.165) is 57.9 Å². The number of methoxy groups -OCH3 is 1. The van der Waals surface area contributed by atoms with Crippen LogP contribution >= 0.6 is 23.2 Å². The minimum Gasteiger partial charge on any atom is -0.494 e. The Balaban J connectivity index is 1.24. The number of ether oxygens (including phenoxy) is 2. The number of nitrogens with zero attached hydrogens (tertiary/aromatic N) is 5. The van der Waals surface area contributed by atoms with Crippen molar-refractivity contribution in [2.45, 2.75) is 31.3 Å². The number of benzene rings is 2. The molecule has 0 bridgehead atoms. The van der Waals surface area contributed by atoms with Gasteiger partial charge in [0.05, 0.1) is 60.1 Å². The van der Waals surface area contributed by atoms with Crippen molar-refractivity contribution in [1.82, 2.24) is 14.9 Å². The fourth-order valence-electron chi connectivity index (χ4n) is 6.25. The molecule has 46 heavy (non-hydrogen) atoms. The Morgan fingerprint density at radius 2 is 1.85 bits per heavy atom. The molecule has 14 heteroatoms. The average Bonchev–Trinajstić information content (AvgIpc) is 3.58. The zero-order chi connectivity index (χ0) is 32.2. The Labute approximate surface area is 277 Å². The molecule has 3 saturated heterocycles. The van der Waals surface area contributed by atoms with Crippen LogP contribution in [0.25, 0.3) is 0 Å². The topological polar surface area (TPSA) is 104 Å². The van der Waals surface area contributed by atoms with Crippen molar-refractivity contribution in [2.24, 2.45) is 0 Å². The standard InChI is InChI=1S/C32H36Cl2FN7O4/c1-3-30(43)39-23-16-24(27(44-2)17-26(23)41-9-6-20(7-10-41)40-11-14-45-15-12-40)38-28-18-29(37-19-36-28)42-25(8-13-46-42)21-4-5-22(33)31(34)32(21)35/h3-5,16-20,25H,1,6-15H2,2H3,(H,39,43)(H,36,37,38). The Kier molecular flexibility index (Phi) is 10.1. The van der Waals surface area contributed by atoms with E-state index in [1.807, 2.05) is 12.1 Å². The lowest BCUT2D eigenvalue weighted by molar-refractivity contribution is -0.111. The Morgan fingerprint density at radius 1 is 1.07 bits per heavy atom. The normalized spacial score (nSPS) is 19.3. The van der Waals surface area contributed by atoms with Crippen LogP contribution in [-0.2, 0) is 14.4 Å². The monoisotopic (exact) mass is 671 g/mol. The van der Waals surface area contributed by atoms with Crippen LogP contribution in [0.3, 0.4) is 0 Å². The van der Waals surface area contributed by atoms with Gasteiger partial charge >= 0.3 is 0 Å². The van der Waals surface area contributed by atoms with Crippen molar-refractivity contribution in [3.05, 3.63) is 70.7 Å². The smallest absolute Gasteiger partial charge is 0.247 e. The van der Waals surface area contributed by atoms with Crippen LogP contribution in [0.15, 0.2) is 49.3 Å². The first-order chi connectivity index (χ1) is 22.4. The van der Waals surface area contributed by atoms with E-state index >= 15 is 4.39 Å². The van der Waals surface area contributed by atoms with E-state index in [4.69, 9.17) is 37.5 Å². The van der Waals surface area contributed by atoms with Crippen LogP contribution in [0.4, 0.5) is 33.1 Å². The first kappa shape index (κ1) is 32.3. The zero-order valence-electron chi connectivity index (χ0n) is 25.5. The summed E-state index contributed by atoms with van der Waals surface area (Å²) in [7, 11) is 1.59. The van der Waals surface area contributed by atoms with Gasteiger partial charge in [0.15, 0.2) is 5.82 Å². The molecule has 4 heterocycles. The lowest BCUT2D eigenvalue weighted by atomic mass is 10.0. The summed E-state index contributed by atoms with van der Waals surface area (Å²) in [6.07, 6.45) is 5.17. The lowest BCUT2D eigenvalue weighted by Crippen LogP contribution is -2.49. The molecule has 11 nitrogen and oxygen atoms in total. The number of amides is 1. The second-order valence-corrected chi connectivity index (χ2v) is 12.0. The van der Waals surface area contributed by atoms with Gasteiger partial charge in [-0.25, -0.2) is 19.4 Å². The van der Waals surface area contributed by atoms with E-state index in [9.17, 15) is 4.79 Å². The van der Waals surface area contributed by atoms with Crippen LogP contribution in [0.1, 0.15) is 30.9 Å². The first-order valence-corrected chi connectivity index (χ1v) is 16.0. The number of rotatable bonds is 9. The van der Waals surface area contributed by atoms with Crippen molar-refractivity contribution < 1.29 is 23.5 Å². The van der Waals surface area contributed by atoms with Crippen LogP contribution < -0.4 is 25.3 Å². The highest BCUT2D eigenvalue weighted by Crippen LogP contribution is 2.41. The average molecular weight is 673 g/mol. The van der Waals surface area contributed by atoms with E-state index in [1.165, 1.54) is 12.4 Å². The maximum Gasteiger partial charge on any atom is 0.247 e. The number of morpholine rings is 1. The first-order valence-electron chi connectivity index (χ1n) is 15.2. The quantitative estimate of drug-likeness (QED) is 0.208. The zero-order valence-corrected chi connectivity index (χ0v) is 27.0. The van der Waals surface area contributed by atoms with E-state index in [-0.39, 0.29) is 16.0 Å². The third kappa shape index (κ3) is 6.86. The number of carbonyl (C=O) groups is 1. The molecule has 3 aromatic rings. The summed E-state index contributed by atoms with van der Waals surface area (Å²) < 4.78 is 26.4. The van der Waals surface area contributed by atoms with Gasteiger partial charge in [-0.15, -0.1) is 0 Å². The summed E-state index contributed by atoms with van der Waals surface area (Å²) in [5, 5.41) is 7.82. The molecular weight excluding hydrogens is 636 g/mol. The molecule has 2 N–H and O–H groups in total. The van der Waals surface area contributed by atoms with Gasteiger partial charge < -0.3 is 25.0 Å². The van der Waals surface area contributed by atoms with Gasteiger partial charge in [-0.1, -0.05) is 35.8 Å². The minimum atomic E-state index is -0.591.